The number of nitrogens with two attached hydrogens (primary N) is 3. The fourth-order valence-corrected chi connectivity index (χ4v) is 4.55. The van der Waals surface area contributed by atoms with Crippen LogP contribution in [0.3, 0.4) is 0 Å². The van der Waals surface area contributed by atoms with Crippen molar-refractivity contribution in [1.82, 2.24) is 10.6 Å². The Kier molecular flexibility index (Phi) is 7.58. The molecule has 1 saturated carbocycles. The molecule has 2 aromatic carbocycles. The average molecular weight is 509 g/mol. The van der Waals surface area contributed by atoms with Gasteiger partial charge in [0, 0.05) is 31.0 Å². The minimum absolute atomic E-state index is 0.00101. The molecule has 0 spiro atoms. The van der Waals surface area contributed by atoms with Crippen molar-refractivity contribution in [2.24, 2.45) is 22.2 Å². The number of benzene rings is 2. The maximum absolute atomic E-state index is 13.2. The van der Waals surface area contributed by atoms with Gasteiger partial charge in [-0.05, 0) is 66.8 Å². The molecule has 196 valence electrons. The molecule has 37 heavy (non-hydrogen) atoms. The molecule has 1 heterocycles. The molecular formula is C26H32N6O5. The molecule has 0 radical (unpaired) electrons. The number of carbonyl (C=O) groups is 3. The van der Waals surface area contributed by atoms with E-state index < -0.39 is 35.2 Å². The van der Waals surface area contributed by atoms with Gasteiger partial charge in [0.2, 0.25) is 5.91 Å². The van der Waals surface area contributed by atoms with Crippen LogP contribution >= 0.6 is 0 Å². The van der Waals surface area contributed by atoms with Crippen molar-refractivity contribution in [2.45, 2.75) is 43.2 Å². The van der Waals surface area contributed by atoms with E-state index in [0.717, 1.165) is 5.56 Å². The third-order valence-electron chi connectivity index (χ3n) is 6.82. The summed E-state index contributed by atoms with van der Waals surface area (Å²) in [7, 11) is 0. The number of rotatable bonds is 6. The number of carbonyl (C=O) groups excluding carboxylic acids is 3. The number of nitrogens with one attached hydrogen (secondary N) is 2. The standard InChI is InChI=1S/C26H32N6O5/c27-7-1-2-19-24(36)31-20(23(35)30-9-8-28)12-16-10-14(3-5-21(16)33)15-4-6-22(34)17(11-15)18-13-26(18,29)25(37)32-19/h3-6,10-11,18,20,33-34H,1-2,7-9,12-13,27-29H2,(H,30,35)(H,31,36)/t18-,20?,26?/m0/s1. The van der Waals surface area contributed by atoms with Gasteiger partial charge < -0.3 is 38.0 Å². The fraction of sp³-hybridized carbons (Fsp3) is 0.385. The molecule has 11 nitrogen and oxygen atoms in total. The Morgan fingerprint density at radius 2 is 1.78 bits per heavy atom. The monoisotopic (exact) mass is 508 g/mol. The van der Waals surface area contributed by atoms with Crippen LogP contribution in [0, 0.1) is 0 Å². The summed E-state index contributed by atoms with van der Waals surface area (Å²) >= 11 is 0. The van der Waals surface area contributed by atoms with Gasteiger partial charge in [-0.1, -0.05) is 12.1 Å². The van der Waals surface area contributed by atoms with Crippen LogP contribution in [0.1, 0.15) is 36.3 Å². The first-order valence-electron chi connectivity index (χ1n) is 12.2. The minimum Gasteiger partial charge on any atom is -0.508 e. The number of phenols is 2. The summed E-state index contributed by atoms with van der Waals surface area (Å²) in [5, 5.41) is 26.4. The lowest BCUT2D eigenvalue weighted by atomic mass is 9.95. The highest BCUT2D eigenvalue weighted by molar-refractivity contribution is 6.41. The minimum atomic E-state index is -1.37. The summed E-state index contributed by atoms with van der Waals surface area (Å²) in [6.45, 7) is 0.656. The van der Waals surface area contributed by atoms with Crippen LogP contribution in [0.15, 0.2) is 41.4 Å². The van der Waals surface area contributed by atoms with Crippen LogP contribution in [0.5, 0.6) is 11.5 Å². The molecule has 2 aromatic rings. The zero-order chi connectivity index (χ0) is 26.7. The predicted molar refractivity (Wildman–Crippen MR) is 138 cm³/mol. The number of aliphatic imine (C=N–C) groups is 1. The predicted octanol–water partition coefficient (Wildman–Crippen LogP) is -0.228. The lowest BCUT2D eigenvalue weighted by Gasteiger charge is -2.20. The van der Waals surface area contributed by atoms with Crippen LogP contribution < -0.4 is 27.8 Å². The van der Waals surface area contributed by atoms with E-state index >= 15 is 0 Å². The van der Waals surface area contributed by atoms with Crippen LogP contribution in [0.25, 0.3) is 11.1 Å². The highest BCUT2D eigenvalue weighted by atomic mass is 16.3. The first-order valence-corrected chi connectivity index (χ1v) is 12.2. The van der Waals surface area contributed by atoms with E-state index in [-0.39, 0.29) is 56.1 Å². The highest BCUT2D eigenvalue weighted by Gasteiger charge is 2.58. The molecule has 4 bridgehead atoms. The Bertz CT molecular complexity index is 1260. The summed E-state index contributed by atoms with van der Waals surface area (Å²) in [4.78, 5) is 43.4. The van der Waals surface area contributed by atoms with Crippen LogP contribution in [0.2, 0.25) is 0 Å². The van der Waals surface area contributed by atoms with Gasteiger partial charge in [-0.2, -0.15) is 0 Å². The van der Waals surface area contributed by atoms with E-state index in [1.165, 1.54) is 12.1 Å². The van der Waals surface area contributed by atoms with Crippen LogP contribution in [-0.4, -0.2) is 64.9 Å². The molecule has 2 aliphatic rings. The molecule has 1 aliphatic carbocycles. The SMILES string of the molecule is NCCCC1=NC(=O)C2(N)C[C@H]2c2cc(ccc2O)-c2ccc(O)c(c2)CC(C(=O)NCCN)NC1=O. The lowest BCUT2D eigenvalue weighted by molar-refractivity contribution is -0.126. The number of fused-ring (bicyclic) bond motifs is 7. The Morgan fingerprint density at radius 3 is 2.49 bits per heavy atom. The van der Waals surface area contributed by atoms with Crippen molar-refractivity contribution < 1.29 is 24.6 Å². The Balaban J connectivity index is 1.83. The van der Waals surface area contributed by atoms with E-state index in [1.54, 1.807) is 24.3 Å². The second kappa shape index (κ2) is 10.7. The molecule has 1 fully saturated rings. The first kappa shape index (κ1) is 26.3. The molecule has 0 saturated heterocycles. The Morgan fingerprint density at radius 1 is 1.08 bits per heavy atom. The number of hydrogen-bond donors (Lipinski definition) is 7. The molecule has 3 atom stereocenters. The Labute approximate surface area is 214 Å². The molecule has 10 N–H and O–H groups in total. The molecule has 2 unspecified atom stereocenters. The molecular weight excluding hydrogens is 476 g/mol. The summed E-state index contributed by atoms with van der Waals surface area (Å²) in [5.74, 6) is -2.42. The van der Waals surface area contributed by atoms with Crippen LogP contribution in [-0.2, 0) is 20.8 Å². The number of phenolic OH excluding ortho intramolecular Hbond substituents is 2. The van der Waals surface area contributed by atoms with Crippen molar-refractivity contribution in [3.05, 3.63) is 47.5 Å². The van der Waals surface area contributed by atoms with Gasteiger partial charge in [-0.25, -0.2) is 4.99 Å². The quantitative estimate of drug-likeness (QED) is 0.277. The van der Waals surface area contributed by atoms with Crippen molar-refractivity contribution in [2.75, 3.05) is 19.6 Å². The smallest absolute Gasteiger partial charge is 0.266 e. The maximum Gasteiger partial charge on any atom is 0.266 e. The summed E-state index contributed by atoms with van der Waals surface area (Å²) in [6.07, 6.45) is 0.709. The third-order valence-corrected chi connectivity index (χ3v) is 6.82. The third kappa shape index (κ3) is 5.48. The largest absolute Gasteiger partial charge is 0.508 e. The normalized spacial score (nSPS) is 23.2. The van der Waals surface area contributed by atoms with E-state index in [4.69, 9.17) is 17.2 Å². The summed E-state index contributed by atoms with van der Waals surface area (Å²) in [5.41, 5.74) is 18.4. The topological polar surface area (TPSA) is 206 Å². The van der Waals surface area contributed by atoms with Crippen molar-refractivity contribution in [3.63, 3.8) is 0 Å². The van der Waals surface area contributed by atoms with Gasteiger partial charge >= 0.3 is 0 Å². The van der Waals surface area contributed by atoms with E-state index in [1.807, 2.05) is 0 Å². The number of hydrogen-bond acceptors (Lipinski definition) is 8. The Hall–Kier alpha value is -3.80. The molecule has 3 amide bonds. The fourth-order valence-electron chi connectivity index (χ4n) is 4.55. The molecule has 0 aromatic heterocycles. The second-order valence-corrected chi connectivity index (χ2v) is 9.48. The van der Waals surface area contributed by atoms with Crippen molar-refractivity contribution >= 4 is 23.4 Å². The van der Waals surface area contributed by atoms with Gasteiger partial charge in [-0.15, -0.1) is 0 Å². The van der Waals surface area contributed by atoms with Crippen molar-refractivity contribution in [3.8, 4) is 22.6 Å². The molecule has 4 rings (SSSR count). The van der Waals surface area contributed by atoms with E-state index in [2.05, 4.69) is 15.6 Å². The van der Waals surface area contributed by atoms with Crippen LogP contribution in [0.4, 0.5) is 0 Å². The molecule has 11 heteroatoms. The summed E-state index contributed by atoms with van der Waals surface area (Å²) in [6, 6.07) is 8.85. The first-order chi connectivity index (χ1) is 17.7. The zero-order valence-electron chi connectivity index (χ0n) is 20.4. The maximum atomic E-state index is 13.2. The average Bonchev–Trinajstić information content (AvgIpc) is 3.57. The van der Waals surface area contributed by atoms with Gasteiger partial charge in [-0.3, -0.25) is 14.4 Å². The van der Waals surface area contributed by atoms with Gasteiger partial charge in [0.1, 0.15) is 28.8 Å². The van der Waals surface area contributed by atoms with Crippen molar-refractivity contribution in [1.29, 1.82) is 0 Å². The number of nitrogens with zero attached hydrogens (tertiary/aromatic N) is 1. The number of aromatic hydroxyl groups is 2. The van der Waals surface area contributed by atoms with E-state index in [0.29, 0.717) is 23.1 Å². The number of amides is 3. The lowest BCUT2D eigenvalue weighted by Crippen LogP contribution is -2.51. The van der Waals surface area contributed by atoms with Gasteiger partial charge in [0.15, 0.2) is 0 Å². The van der Waals surface area contributed by atoms with Gasteiger partial charge in [0.25, 0.3) is 11.8 Å². The van der Waals surface area contributed by atoms with Gasteiger partial charge in [0.05, 0.1) is 0 Å². The molecule has 1 aliphatic heterocycles. The zero-order valence-corrected chi connectivity index (χ0v) is 20.4. The van der Waals surface area contributed by atoms with E-state index in [9.17, 15) is 24.6 Å². The second-order valence-electron chi connectivity index (χ2n) is 9.48. The summed E-state index contributed by atoms with van der Waals surface area (Å²) < 4.78 is 0. The highest BCUT2D eigenvalue weighted by Crippen LogP contribution is 2.53.